The Kier molecular flexibility index (Phi) is 4.68. The minimum absolute atomic E-state index is 0.0385. The second-order valence-electron chi connectivity index (χ2n) is 3.65. The highest BCUT2D eigenvalue weighted by atomic mass is 35.5. The van der Waals surface area contributed by atoms with Gasteiger partial charge in [-0.1, -0.05) is 38.3 Å². The maximum absolute atomic E-state index is 10.9. The van der Waals surface area contributed by atoms with Crippen molar-refractivity contribution in [3.63, 3.8) is 0 Å². The van der Waals surface area contributed by atoms with E-state index in [0.29, 0.717) is 12.1 Å². The standard InChI is InChI=1S/C11H15ClN2O2/c1-3-5-8-7-9(12)11(14(15)16)10(13-8)6-4-2/h7H,3-6H2,1-2H3. The molecule has 1 heterocycles. The second-order valence-corrected chi connectivity index (χ2v) is 4.06. The van der Waals surface area contributed by atoms with E-state index in [2.05, 4.69) is 4.98 Å². The molecule has 0 saturated carbocycles. The Balaban J connectivity index is 3.21. The molecule has 0 atom stereocenters. The molecule has 0 radical (unpaired) electrons. The smallest absolute Gasteiger partial charge is 0.258 e. The van der Waals surface area contributed by atoms with Gasteiger partial charge in [0, 0.05) is 5.69 Å². The molecule has 0 spiro atoms. The van der Waals surface area contributed by atoms with Gasteiger partial charge in [0.25, 0.3) is 0 Å². The van der Waals surface area contributed by atoms with E-state index in [1.165, 1.54) is 0 Å². The fourth-order valence-electron chi connectivity index (χ4n) is 1.60. The fourth-order valence-corrected chi connectivity index (χ4v) is 1.90. The van der Waals surface area contributed by atoms with Gasteiger partial charge in [-0.15, -0.1) is 0 Å². The lowest BCUT2D eigenvalue weighted by molar-refractivity contribution is -0.385. The molecule has 16 heavy (non-hydrogen) atoms. The molecule has 0 fully saturated rings. The van der Waals surface area contributed by atoms with E-state index < -0.39 is 4.92 Å². The number of aryl methyl sites for hydroxylation is 2. The molecule has 5 heteroatoms. The van der Waals surface area contributed by atoms with E-state index in [1.54, 1.807) is 6.07 Å². The fraction of sp³-hybridized carbons (Fsp3) is 0.545. The lowest BCUT2D eigenvalue weighted by Crippen LogP contribution is -2.02. The Hall–Kier alpha value is -1.16. The van der Waals surface area contributed by atoms with Crippen LogP contribution in [0.3, 0.4) is 0 Å². The van der Waals surface area contributed by atoms with Crippen LogP contribution in [0.5, 0.6) is 0 Å². The van der Waals surface area contributed by atoms with Crippen LogP contribution in [-0.4, -0.2) is 9.91 Å². The monoisotopic (exact) mass is 242 g/mol. The summed E-state index contributed by atoms with van der Waals surface area (Å²) in [5.41, 5.74) is 1.30. The predicted molar refractivity (Wildman–Crippen MR) is 63.9 cm³/mol. The van der Waals surface area contributed by atoms with Gasteiger partial charge in [0.15, 0.2) is 0 Å². The minimum Gasteiger partial charge on any atom is -0.258 e. The molecular weight excluding hydrogens is 228 g/mol. The number of nitro groups is 1. The van der Waals surface area contributed by atoms with Crippen molar-refractivity contribution in [2.45, 2.75) is 39.5 Å². The molecule has 0 bridgehead atoms. The van der Waals surface area contributed by atoms with Gasteiger partial charge in [-0.25, -0.2) is 0 Å². The van der Waals surface area contributed by atoms with Gasteiger partial charge in [0.05, 0.1) is 4.92 Å². The van der Waals surface area contributed by atoms with Crippen LogP contribution in [0.15, 0.2) is 6.07 Å². The molecule has 1 rings (SSSR count). The maximum atomic E-state index is 10.9. The molecule has 0 aliphatic carbocycles. The number of hydrogen-bond donors (Lipinski definition) is 0. The Labute approximate surface area is 99.8 Å². The largest absolute Gasteiger partial charge is 0.309 e. The normalized spacial score (nSPS) is 10.4. The Morgan fingerprint density at radius 1 is 1.38 bits per heavy atom. The van der Waals surface area contributed by atoms with E-state index in [-0.39, 0.29) is 10.7 Å². The molecule has 0 amide bonds. The number of nitrogens with zero attached hydrogens (tertiary/aromatic N) is 2. The molecular formula is C11H15ClN2O2. The molecule has 0 N–H and O–H groups in total. The van der Waals surface area contributed by atoms with Crippen LogP contribution >= 0.6 is 11.6 Å². The lowest BCUT2D eigenvalue weighted by Gasteiger charge is -2.05. The highest BCUT2D eigenvalue weighted by Crippen LogP contribution is 2.29. The van der Waals surface area contributed by atoms with Crippen LogP contribution in [-0.2, 0) is 12.8 Å². The van der Waals surface area contributed by atoms with Crippen LogP contribution in [0.4, 0.5) is 5.69 Å². The number of aromatic nitrogens is 1. The summed E-state index contributed by atoms with van der Waals surface area (Å²) in [6, 6.07) is 1.60. The van der Waals surface area contributed by atoms with Gasteiger partial charge < -0.3 is 0 Å². The van der Waals surface area contributed by atoms with Crippen LogP contribution < -0.4 is 0 Å². The van der Waals surface area contributed by atoms with Crippen molar-refractivity contribution in [2.24, 2.45) is 0 Å². The molecule has 88 valence electrons. The predicted octanol–water partition coefficient (Wildman–Crippen LogP) is 3.55. The highest BCUT2D eigenvalue weighted by molar-refractivity contribution is 6.32. The quantitative estimate of drug-likeness (QED) is 0.586. The van der Waals surface area contributed by atoms with Crippen molar-refractivity contribution in [1.82, 2.24) is 4.98 Å². The summed E-state index contributed by atoms with van der Waals surface area (Å²) < 4.78 is 0. The maximum Gasteiger partial charge on any atom is 0.309 e. The number of rotatable bonds is 5. The summed E-state index contributed by atoms with van der Waals surface area (Å²) in [5, 5.41) is 11.1. The third-order valence-electron chi connectivity index (χ3n) is 2.25. The topological polar surface area (TPSA) is 56.0 Å². The van der Waals surface area contributed by atoms with Crippen molar-refractivity contribution >= 4 is 17.3 Å². The van der Waals surface area contributed by atoms with E-state index in [0.717, 1.165) is 25.0 Å². The molecule has 4 nitrogen and oxygen atoms in total. The molecule has 1 aromatic heterocycles. The second kappa shape index (κ2) is 5.80. The van der Waals surface area contributed by atoms with Crippen molar-refractivity contribution in [2.75, 3.05) is 0 Å². The molecule has 0 unspecified atom stereocenters. The first kappa shape index (κ1) is 12.9. The summed E-state index contributed by atoms with van der Waals surface area (Å²) in [4.78, 5) is 14.7. The third-order valence-corrected chi connectivity index (χ3v) is 2.54. The van der Waals surface area contributed by atoms with Crippen LogP contribution in [0.25, 0.3) is 0 Å². The van der Waals surface area contributed by atoms with E-state index >= 15 is 0 Å². The molecule has 1 aromatic rings. The van der Waals surface area contributed by atoms with Gasteiger partial charge >= 0.3 is 5.69 Å². The van der Waals surface area contributed by atoms with Crippen molar-refractivity contribution < 1.29 is 4.92 Å². The van der Waals surface area contributed by atoms with Gasteiger partial charge in [-0.2, -0.15) is 0 Å². The molecule has 0 saturated heterocycles. The Bertz CT molecular complexity index is 394. The zero-order valence-electron chi connectivity index (χ0n) is 9.49. The minimum atomic E-state index is -0.448. The van der Waals surface area contributed by atoms with E-state index in [1.807, 2.05) is 13.8 Å². The molecule has 0 aliphatic rings. The lowest BCUT2D eigenvalue weighted by atomic mass is 10.1. The van der Waals surface area contributed by atoms with Gasteiger partial charge in [0.2, 0.25) is 0 Å². The van der Waals surface area contributed by atoms with Gasteiger partial charge in [-0.3, -0.25) is 15.1 Å². The number of pyridine rings is 1. The third kappa shape index (κ3) is 2.92. The van der Waals surface area contributed by atoms with Crippen molar-refractivity contribution in [3.8, 4) is 0 Å². The first-order chi connectivity index (χ1) is 7.60. The average molecular weight is 243 g/mol. The summed E-state index contributed by atoms with van der Waals surface area (Å²) in [6.45, 7) is 4.00. The average Bonchev–Trinajstić information content (AvgIpc) is 2.17. The summed E-state index contributed by atoms with van der Waals surface area (Å²) in [7, 11) is 0. The van der Waals surface area contributed by atoms with Gasteiger partial charge in [-0.05, 0) is 18.9 Å². The van der Waals surface area contributed by atoms with E-state index in [9.17, 15) is 10.1 Å². The first-order valence-electron chi connectivity index (χ1n) is 5.42. The summed E-state index contributed by atoms with van der Waals surface area (Å²) in [6.07, 6.45) is 3.16. The van der Waals surface area contributed by atoms with Crippen LogP contribution in [0.2, 0.25) is 5.02 Å². The van der Waals surface area contributed by atoms with Crippen LogP contribution in [0.1, 0.15) is 38.1 Å². The van der Waals surface area contributed by atoms with Crippen molar-refractivity contribution in [1.29, 1.82) is 0 Å². The number of halogens is 1. The van der Waals surface area contributed by atoms with Crippen LogP contribution in [0, 0.1) is 10.1 Å². The highest BCUT2D eigenvalue weighted by Gasteiger charge is 2.20. The zero-order chi connectivity index (χ0) is 12.1. The van der Waals surface area contributed by atoms with Crippen molar-refractivity contribution in [3.05, 3.63) is 32.6 Å². The summed E-state index contributed by atoms with van der Waals surface area (Å²) >= 11 is 5.92. The Morgan fingerprint density at radius 2 is 2.00 bits per heavy atom. The molecule has 0 aliphatic heterocycles. The van der Waals surface area contributed by atoms with Gasteiger partial charge in [0.1, 0.15) is 10.7 Å². The zero-order valence-corrected chi connectivity index (χ0v) is 10.3. The first-order valence-corrected chi connectivity index (χ1v) is 5.80. The van der Waals surface area contributed by atoms with E-state index in [4.69, 9.17) is 11.6 Å². The Morgan fingerprint density at radius 3 is 2.50 bits per heavy atom. The number of hydrogen-bond acceptors (Lipinski definition) is 3. The summed E-state index contributed by atoms with van der Waals surface area (Å²) in [5.74, 6) is 0. The SMILES string of the molecule is CCCc1cc(Cl)c([N+](=O)[O-])c(CCC)n1. The molecule has 0 aromatic carbocycles.